The average Bonchev–Trinajstić information content (AvgIpc) is 2.83. The smallest absolute Gasteiger partial charge is 0.293 e. The Labute approximate surface area is 195 Å². The van der Waals surface area contributed by atoms with E-state index in [4.69, 9.17) is 4.74 Å². The molecule has 0 saturated carbocycles. The van der Waals surface area contributed by atoms with Crippen molar-refractivity contribution in [1.29, 1.82) is 0 Å². The molecule has 0 radical (unpaired) electrons. The number of benzene rings is 3. The Morgan fingerprint density at radius 3 is 2.44 bits per heavy atom. The first kappa shape index (κ1) is 24.3. The van der Waals surface area contributed by atoms with Gasteiger partial charge in [0.25, 0.3) is 17.5 Å². The quantitative estimate of drug-likeness (QED) is 0.236. The first-order chi connectivity index (χ1) is 16.4. The van der Waals surface area contributed by atoms with Crippen molar-refractivity contribution in [2.75, 3.05) is 30.9 Å². The molecule has 176 valence electrons. The molecular formula is C24H23FN4O5. The Kier molecular flexibility index (Phi) is 8.25. The maximum Gasteiger partial charge on any atom is 0.293 e. The first-order valence-corrected chi connectivity index (χ1v) is 10.3. The third-order valence-corrected chi connectivity index (χ3v) is 4.82. The summed E-state index contributed by atoms with van der Waals surface area (Å²) in [5.74, 6) is -1.31. The summed E-state index contributed by atoms with van der Waals surface area (Å²) in [6, 6.07) is 16.2. The Balaban J connectivity index is 1.63. The number of nitrogens with zero attached hydrogens (tertiary/aromatic N) is 1. The van der Waals surface area contributed by atoms with Gasteiger partial charge in [-0.1, -0.05) is 12.1 Å². The van der Waals surface area contributed by atoms with Gasteiger partial charge in [0.2, 0.25) is 0 Å². The highest BCUT2D eigenvalue weighted by Gasteiger charge is 2.17. The lowest BCUT2D eigenvalue weighted by Gasteiger charge is -2.10. The Morgan fingerprint density at radius 1 is 1.00 bits per heavy atom. The number of hydrogen-bond acceptors (Lipinski definition) is 6. The van der Waals surface area contributed by atoms with Crippen molar-refractivity contribution in [1.82, 2.24) is 5.32 Å². The molecule has 0 fully saturated rings. The molecule has 0 aliphatic rings. The molecule has 3 N–H and O–H groups in total. The fraction of sp³-hybridized carbons (Fsp3) is 0.167. The second-order valence-electron chi connectivity index (χ2n) is 7.25. The van der Waals surface area contributed by atoms with Crippen LogP contribution < -0.4 is 16.0 Å². The standard InChI is InChI=1S/C24H23FN4O5/c1-34-12-11-26-21-10-7-18(14-22(21)29(32)33)23(30)27-15-16-3-2-4-20(13-16)28-24(31)17-5-8-19(25)9-6-17/h2-10,13-14,26H,11-12,15H2,1H3,(H,27,30)(H,28,31). The molecule has 3 rings (SSSR count). The number of methoxy groups -OCH3 is 1. The number of nitro groups is 1. The molecule has 0 atom stereocenters. The molecule has 0 saturated heterocycles. The van der Waals surface area contributed by atoms with Crippen molar-refractivity contribution in [2.45, 2.75) is 6.54 Å². The van der Waals surface area contributed by atoms with Crippen LogP contribution in [0.15, 0.2) is 66.7 Å². The molecule has 0 aliphatic heterocycles. The molecule has 3 aromatic rings. The number of carbonyl (C=O) groups is 2. The average molecular weight is 466 g/mol. The maximum absolute atomic E-state index is 13.0. The van der Waals surface area contributed by atoms with E-state index in [1.54, 1.807) is 24.3 Å². The Bertz CT molecular complexity index is 1180. The third-order valence-electron chi connectivity index (χ3n) is 4.82. The fourth-order valence-corrected chi connectivity index (χ4v) is 3.11. The highest BCUT2D eigenvalue weighted by atomic mass is 19.1. The molecule has 0 spiro atoms. The van der Waals surface area contributed by atoms with Gasteiger partial charge in [-0.2, -0.15) is 0 Å². The first-order valence-electron chi connectivity index (χ1n) is 10.3. The van der Waals surface area contributed by atoms with E-state index >= 15 is 0 Å². The number of amides is 2. The van der Waals surface area contributed by atoms with Crippen LogP contribution in [0.4, 0.5) is 21.5 Å². The highest BCUT2D eigenvalue weighted by Crippen LogP contribution is 2.25. The number of ether oxygens (including phenoxy) is 1. The SMILES string of the molecule is COCCNc1ccc(C(=O)NCc2cccc(NC(=O)c3ccc(F)cc3)c2)cc1[N+](=O)[O-]. The summed E-state index contributed by atoms with van der Waals surface area (Å²) in [5.41, 5.74) is 1.74. The fourth-order valence-electron chi connectivity index (χ4n) is 3.11. The molecule has 2 amide bonds. The van der Waals surface area contributed by atoms with Crippen LogP contribution in [0, 0.1) is 15.9 Å². The molecule has 9 nitrogen and oxygen atoms in total. The molecule has 0 aromatic heterocycles. The maximum atomic E-state index is 13.0. The van der Waals surface area contributed by atoms with Gasteiger partial charge < -0.3 is 20.7 Å². The van der Waals surface area contributed by atoms with Crippen molar-refractivity contribution >= 4 is 28.9 Å². The lowest BCUT2D eigenvalue weighted by Crippen LogP contribution is -2.23. The minimum Gasteiger partial charge on any atom is -0.383 e. The number of rotatable bonds is 10. The van der Waals surface area contributed by atoms with Gasteiger partial charge >= 0.3 is 0 Å². The van der Waals surface area contributed by atoms with E-state index in [1.807, 2.05) is 0 Å². The van der Waals surface area contributed by atoms with Crippen LogP contribution in [-0.4, -0.2) is 37.0 Å². The number of anilines is 2. The molecule has 0 bridgehead atoms. The van der Waals surface area contributed by atoms with Crippen LogP contribution >= 0.6 is 0 Å². The number of hydrogen-bond donors (Lipinski definition) is 3. The van der Waals surface area contributed by atoms with Gasteiger partial charge in [0.1, 0.15) is 11.5 Å². The zero-order valence-electron chi connectivity index (χ0n) is 18.3. The van der Waals surface area contributed by atoms with E-state index in [0.717, 1.165) is 0 Å². The minimum absolute atomic E-state index is 0.140. The van der Waals surface area contributed by atoms with Crippen molar-refractivity contribution in [2.24, 2.45) is 0 Å². The van der Waals surface area contributed by atoms with E-state index in [2.05, 4.69) is 16.0 Å². The largest absolute Gasteiger partial charge is 0.383 e. The summed E-state index contributed by atoms with van der Waals surface area (Å²) in [5, 5.41) is 19.7. The summed E-state index contributed by atoms with van der Waals surface area (Å²) in [7, 11) is 1.53. The molecule has 0 unspecified atom stereocenters. The van der Waals surface area contributed by atoms with Gasteiger partial charge in [0.05, 0.1) is 11.5 Å². The zero-order chi connectivity index (χ0) is 24.5. The molecule has 34 heavy (non-hydrogen) atoms. The van der Waals surface area contributed by atoms with E-state index in [1.165, 1.54) is 49.6 Å². The summed E-state index contributed by atoms with van der Waals surface area (Å²) in [4.78, 5) is 35.7. The third kappa shape index (κ3) is 6.59. The summed E-state index contributed by atoms with van der Waals surface area (Å²) in [6.45, 7) is 0.903. The predicted molar refractivity (Wildman–Crippen MR) is 125 cm³/mol. The Hall–Kier alpha value is -4.31. The van der Waals surface area contributed by atoms with Crippen LogP contribution in [0.5, 0.6) is 0 Å². The number of carbonyl (C=O) groups excluding carboxylic acids is 2. The summed E-state index contributed by atoms with van der Waals surface area (Å²) in [6.07, 6.45) is 0. The number of nitro benzene ring substituents is 1. The molecule has 0 heterocycles. The number of nitrogens with one attached hydrogen (secondary N) is 3. The van der Waals surface area contributed by atoms with Gasteiger partial charge in [0.15, 0.2) is 0 Å². The topological polar surface area (TPSA) is 123 Å². The summed E-state index contributed by atoms with van der Waals surface area (Å²) >= 11 is 0. The van der Waals surface area contributed by atoms with E-state index in [-0.39, 0.29) is 17.8 Å². The van der Waals surface area contributed by atoms with Gasteiger partial charge in [-0.25, -0.2) is 4.39 Å². The predicted octanol–water partition coefficient (Wildman–Crippen LogP) is 3.97. The Morgan fingerprint density at radius 2 is 1.74 bits per heavy atom. The van der Waals surface area contributed by atoms with Crippen LogP contribution in [-0.2, 0) is 11.3 Å². The van der Waals surface area contributed by atoms with E-state index in [9.17, 15) is 24.1 Å². The zero-order valence-corrected chi connectivity index (χ0v) is 18.3. The van der Waals surface area contributed by atoms with Crippen LogP contribution in [0.25, 0.3) is 0 Å². The van der Waals surface area contributed by atoms with Gasteiger partial charge in [-0.3, -0.25) is 19.7 Å². The molecule has 3 aromatic carbocycles. The van der Waals surface area contributed by atoms with Crippen molar-refractivity contribution < 1.29 is 23.6 Å². The molecule has 10 heteroatoms. The lowest BCUT2D eigenvalue weighted by molar-refractivity contribution is -0.384. The van der Waals surface area contributed by atoms with Crippen LogP contribution in [0.1, 0.15) is 26.3 Å². The van der Waals surface area contributed by atoms with Gasteiger partial charge in [0, 0.05) is 43.1 Å². The number of halogens is 1. The van der Waals surface area contributed by atoms with Crippen molar-refractivity contribution in [3.05, 3.63) is 99.4 Å². The second kappa shape index (κ2) is 11.5. The lowest BCUT2D eigenvalue weighted by atomic mass is 10.1. The van der Waals surface area contributed by atoms with Gasteiger partial charge in [-0.05, 0) is 54.1 Å². The van der Waals surface area contributed by atoms with E-state index in [0.29, 0.717) is 35.7 Å². The van der Waals surface area contributed by atoms with E-state index < -0.39 is 22.6 Å². The van der Waals surface area contributed by atoms with Gasteiger partial charge in [-0.15, -0.1) is 0 Å². The molecule has 0 aliphatic carbocycles. The normalized spacial score (nSPS) is 10.4. The molecular weight excluding hydrogens is 443 g/mol. The van der Waals surface area contributed by atoms with Crippen molar-refractivity contribution in [3.8, 4) is 0 Å². The van der Waals surface area contributed by atoms with Crippen LogP contribution in [0.2, 0.25) is 0 Å². The summed E-state index contributed by atoms with van der Waals surface area (Å²) < 4.78 is 18.0. The highest BCUT2D eigenvalue weighted by molar-refractivity contribution is 6.04. The van der Waals surface area contributed by atoms with Crippen LogP contribution in [0.3, 0.4) is 0 Å². The second-order valence-corrected chi connectivity index (χ2v) is 7.25. The van der Waals surface area contributed by atoms with Crippen molar-refractivity contribution in [3.63, 3.8) is 0 Å². The minimum atomic E-state index is -0.556. The monoisotopic (exact) mass is 466 g/mol.